The number of carbonyl (C=O) groups excluding carboxylic acids is 1. The Labute approximate surface area is 95.4 Å². The summed E-state index contributed by atoms with van der Waals surface area (Å²) in [6, 6.07) is -0.0527. The highest BCUT2D eigenvalue weighted by Gasteiger charge is 2.29. The first-order valence-corrected chi connectivity index (χ1v) is 5.69. The second kappa shape index (κ2) is 5.42. The van der Waals surface area contributed by atoms with E-state index in [9.17, 15) is 9.90 Å². The number of likely N-dealkylation sites (tertiary alicyclic amines) is 1. The standard InChI is InChI=1S/C10H18N2O2S/c1-7(9(11)15)10(14)12-5-3-2-4-8(12)6-13/h7-8,13H,2-6H2,1H3,(H2,11,15). The van der Waals surface area contributed by atoms with Gasteiger partial charge in [-0.25, -0.2) is 0 Å². The molecule has 1 saturated heterocycles. The molecule has 0 aromatic carbocycles. The Morgan fingerprint density at radius 3 is 2.87 bits per heavy atom. The number of aliphatic hydroxyl groups is 1. The van der Waals surface area contributed by atoms with Gasteiger partial charge >= 0.3 is 0 Å². The topological polar surface area (TPSA) is 66.6 Å². The summed E-state index contributed by atoms with van der Waals surface area (Å²) >= 11 is 4.81. The molecule has 0 radical (unpaired) electrons. The highest BCUT2D eigenvalue weighted by molar-refractivity contribution is 7.80. The molecule has 1 fully saturated rings. The smallest absolute Gasteiger partial charge is 0.232 e. The Morgan fingerprint density at radius 2 is 2.33 bits per heavy atom. The van der Waals surface area contributed by atoms with Crippen molar-refractivity contribution in [1.82, 2.24) is 4.90 Å². The van der Waals surface area contributed by atoms with Gasteiger partial charge < -0.3 is 15.7 Å². The normalized spacial score (nSPS) is 23.6. The SMILES string of the molecule is CC(C(=O)N1CCCCC1CO)C(N)=S. The predicted molar refractivity (Wildman–Crippen MR) is 62.4 cm³/mol. The van der Waals surface area contributed by atoms with Crippen LogP contribution in [0.15, 0.2) is 0 Å². The van der Waals surface area contributed by atoms with E-state index in [1.807, 2.05) is 0 Å². The van der Waals surface area contributed by atoms with Crippen LogP contribution in [-0.4, -0.2) is 40.1 Å². The monoisotopic (exact) mass is 230 g/mol. The second-order valence-corrected chi connectivity index (χ2v) is 4.46. The van der Waals surface area contributed by atoms with E-state index in [0.717, 1.165) is 19.3 Å². The Hall–Kier alpha value is -0.680. The minimum Gasteiger partial charge on any atom is -0.394 e. The third-order valence-electron chi connectivity index (χ3n) is 2.92. The van der Waals surface area contributed by atoms with E-state index in [4.69, 9.17) is 18.0 Å². The third kappa shape index (κ3) is 2.89. The average Bonchev–Trinajstić information content (AvgIpc) is 2.26. The largest absolute Gasteiger partial charge is 0.394 e. The molecule has 1 rings (SSSR count). The number of thiocarbonyl (C=S) groups is 1. The second-order valence-electron chi connectivity index (χ2n) is 3.99. The van der Waals surface area contributed by atoms with Crippen LogP contribution in [0.3, 0.4) is 0 Å². The molecule has 2 atom stereocenters. The number of hydrogen-bond acceptors (Lipinski definition) is 3. The molecule has 1 aliphatic rings. The van der Waals surface area contributed by atoms with Gasteiger partial charge in [0.25, 0.3) is 0 Å². The molecule has 15 heavy (non-hydrogen) atoms. The van der Waals surface area contributed by atoms with Crippen LogP contribution in [0.5, 0.6) is 0 Å². The molecule has 3 N–H and O–H groups in total. The summed E-state index contributed by atoms with van der Waals surface area (Å²) < 4.78 is 0. The molecule has 2 unspecified atom stereocenters. The van der Waals surface area contributed by atoms with Crippen LogP contribution in [0.25, 0.3) is 0 Å². The van der Waals surface area contributed by atoms with Gasteiger partial charge in [0.1, 0.15) is 0 Å². The number of hydrogen-bond donors (Lipinski definition) is 2. The van der Waals surface area contributed by atoms with Gasteiger partial charge in [-0.2, -0.15) is 0 Å². The number of amides is 1. The molecule has 0 aromatic rings. The Morgan fingerprint density at radius 1 is 1.67 bits per heavy atom. The van der Waals surface area contributed by atoms with Gasteiger partial charge in [-0.15, -0.1) is 0 Å². The van der Waals surface area contributed by atoms with Crippen molar-refractivity contribution in [3.05, 3.63) is 0 Å². The molecule has 4 nitrogen and oxygen atoms in total. The predicted octanol–water partition coefficient (Wildman–Crippen LogP) is 0.282. The highest BCUT2D eigenvalue weighted by atomic mass is 32.1. The van der Waals surface area contributed by atoms with E-state index in [-0.39, 0.29) is 23.5 Å². The van der Waals surface area contributed by atoms with Crippen molar-refractivity contribution in [2.45, 2.75) is 32.2 Å². The third-order valence-corrected chi connectivity index (χ3v) is 3.27. The van der Waals surface area contributed by atoms with Gasteiger partial charge in [0.15, 0.2) is 0 Å². The molecular formula is C10H18N2O2S. The molecule has 1 aliphatic heterocycles. The Kier molecular flexibility index (Phi) is 4.47. The quantitative estimate of drug-likeness (QED) is 0.684. The molecule has 0 spiro atoms. The van der Waals surface area contributed by atoms with E-state index in [1.54, 1.807) is 11.8 Å². The fourth-order valence-electron chi connectivity index (χ4n) is 1.85. The number of carbonyl (C=O) groups is 1. The van der Waals surface area contributed by atoms with Crippen molar-refractivity contribution in [3.8, 4) is 0 Å². The van der Waals surface area contributed by atoms with Crippen molar-refractivity contribution in [2.24, 2.45) is 11.7 Å². The lowest BCUT2D eigenvalue weighted by Gasteiger charge is -2.36. The summed E-state index contributed by atoms with van der Waals surface area (Å²) in [7, 11) is 0. The van der Waals surface area contributed by atoms with Crippen LogP contribution in [0, 0.1) is 5.92 Å². The molecular weight excluding hydrogens is 212 g/mol. The first kappa shape index (κ1) is 12.4. The van der Waals surface area contributed by atoms with E-state index in [0.29, 0.717) is 6.54 Å². The first-order chi connectivity index (χ1) is 7.07. The maximum atomic E-state index is 12.0. The number of rotatable bonds is 3. The number of nitrogens with two attached hydrogens (primary N) is 1. The summed E-state index contributed by atoms with van der Waals surface area (Å²) in [5.41, 5.74) is 5.45. The first-order valence-electron chi connectivity index (χ1n) is 5.28. The van der Waals surface area contributed by atoms with Crippen molar-refractivity contribution in [1.29, 1.82) is 0 Å². The summed E-state index contributed by atoms with van der Waals surface area (Å²) in [5.74, 6) is -0.478. The molecule has 0 saturated carbocycles. The minimum absolute atomic E-state index is 0.0236. The van der Waals surface area contributed by atoms with Crippen LogP contribution in [-0.2, 0) is 4.79 Å². The summed E-state index contributed by atoms with van der Waals surface area (Å²) in [4.78, 5) is 13.9. The lowest BCUT2D eigenvalue weighted by atomic mass is 10.00. The molecule has 0 aliphatic carbocycles. The number of nitrogens with zero attached hydrogens (tertiary/aromatic N) is 1. The lowest BCUT2D eigenvalue weighted by molar-refractivity contribution is -0.137. The van der Waals surface area contributed by atoms with Crippen LogP contribution in [0.2, 0.25) is 0 Å². The Balaban J connectivity index is 2.67. The molecule has 0 bridgehead atoms. The molecule has 0 aromatic heterocycles. The summed E-state index contributed by atoms with van der Waals surface area (Å²) in [6.07, 6.45) is 2.93. The van der Waals surface area contributed by atoms with E-state index < -0.39 is 5.92 Å². The van der Waals surface area contributed by atoms with Gasteiger partial charge in [-0.3, -0.25) is 4.79 Å². The maximum absolute atomic E-state index is 12.0. The van der Waals surface area contributed by atoms with Crippen LogP contribution in [0.1, 0.15) is 26.2 Å². The summed E-state index contributed by atoms with van der Waals surface area (Å²) in [6.45, 7) is 2.44. The average molecular weight is 230 g/mol. The van der Waals surface area contributed by atoms with Crippen LogP contribution >= 0.6 is 12.2 Å². The molecule has 1 heterocycles. The number of aliphatic hydroxyl groups excluding tert-OH is 1. The summed E-state index contributed by atoms with van der Waals surface area (Å²) in [5, 5.41) is 9.17. The Bertz CT molecular complexity index is 258. The molecule has 86 valence electrons. The maximum Gasteiger partial charge on any atom is 0.232 e. The van der Waals surface area contributed by atoms with Crippen molar-refractivity contribution in [3.63, 3.8) is 0 Å². The zero-order valence-corrected chi connectivity index (χ0v) is 9.80. The van der Waals surface area contributed by atoms with E-state index in [2.05, 4.69) is 0 Å². The van der Waals surface area contributed by atoms with Crippen molar-refractivity contribution in [2.75, 3.05) is 13.2 Å². The van der Waals surface area contributed by atoms with Crippen LogP contribution in [0.4, 0.5) is 0 Å². The fraction of sp³-hybridized carbons (Fsp3) is 0.800. The fourth-order valence-corrected chi connectivity index (χ4v) is 1.95. The van der Waals surface area contributed by atoms with Gasteiger partial charge in [-0.1, -0.05) is 12.2 Å². The van der Waals surface area contributed by atoms with Crippen molar-refractivity contribution >= 4 is 23.1 Å². The highest BCUT2D eigenvalue weighted by Crippen LogP contribution is 2.19. The van der Waals surface area contributed by atoms with Gasteiger partial charge in [0.2, 0.25) is 5.91 Å². The van der Waals surface area contributed by atoms with Gasteiger partial charge in [0, 0.05) is 6.54 Å². The van der Waals surface area contributed by atoms with Gasteiger partial charge in [0.05, 0.1) is 23.6 Å². The zero-order valence-electron chi connectivity index (χ0n) is 8.98. The van der Waals surface area contributed by atoms with E-state index >= 15 is 0 Å². The lowest BCUT2D eigenvalue weighted by Crippen LogP contribution is -2.49. The van der Waals surface area contributed by atoms with Crippen LogP contribution < -0.4 is 5.73 Å². The van der Waals surface area contributed by atoms with Gasteiger partial charge in [-0.05, 0) is 26.2 Å². The minimum atomic E-state index is -0.424. The molecule has 1 amide bonds. The zero-order chi connectivity index (χ0) is 11.4. The van der Waals surface area contributed by atoms with E-state index in [1.165, 1.54) is 0 Å². The van der Waals surface area contributed by atoms with Crippen molar-refractivity contribution < 1.29 is 9.90 Å². The molecule has 5 heteroatoms. The number of piperidine rings is 1.